The molecule has 3 aromatic rings. The summed E-state index contributed by atoms with van der Waals surface area (Å²) in [7, 11) is 0. The highest BCUT2D eigenvalue weighted by Gasteiger charge is 2.18. The lowest BCUT2D eigenvalue weighted by molar-refractivity contribution is -0.118. The van der Waals surface area contributed by atoms with Crippen LogP contribution in [0.25, 0.3) is 11.4 Å². The Morgan fingerprint density at radius 1 is 1.31 bits per heavy atom. The molecule has 0 spiro atoms. The van der Waals surface area contributed by atoms with Crippen molar-refractivity contribution in [1.82, 2.24) is 20.1 Å². The molecule has 26 heavy (non-hydrogen) atoms. The predicted octanol–water partition coefficient (Wildman–Crippen LogP) is 3.29. The summed E-state index contributed by atoms with van der Waals surface area (Å²) in [5.41, 5.74) is 2.03. The number of nitrogens with one attached hydrogen (secondary N) is 1. The molecular weight excluding hydrogens is 348 g/mol. The van der Waals surface area contributed by atoms with Gasteiger partial charge in [0.1, 0.15) is 5.76 Å². The van der Waals surface area contributed by atoms with Gasteiger partial charge in [0.25, 0.3) is 0 Å². The second-order valence-corrected chi connectivity index (χ2v) is 6.59. The minimum atomic E-state index is -0.0646. The lowest BCUT2D eigenvalue weighted by atomic mass is 10.2. The Morgan fingerprint density at radius 2 is 2.12 bits per heavy atom. The van der Waals surface area contributed by atoms with Gasteiger partial charge in [0.15, 0.2) is 11.0 Å². The average molecular weight is 368 g/mol. The van der Waals surface area contributed by atoms with E-state index in [1.807, 2.05) is 35.8 Å². The number of nitrogens with zero attached hydrogens (tertiary/aromatic N) is 3. The quantitative estimate of drug-likeness (QED) is 0.488. The van der Waals surface area contributed by atoms with E-state index in [0.717, 1.165) is 22.7 Å². The number of hydrogen-bond donors (Lipinski definition) is 1. The third kappa shape index (κ3) is 4.23. The fourth-order valence-electron chi connectivity index (χ4n) is 2.49. The van der Waals surface area contributed by atoms with Crippen molar-refractivity contribution >= 4 is 17.7 Å². The first kappa shape index (κ1) is 18.0. The van der Waals surface area contributed by atoms with E-state index in [0.29, 0.717) is 18.2 Å². The van der Waals surface area contributed by atoms with Gasteiger partial charge < -0.3 is 9.73 Å². The molecule has 0 saturated carbocycles. The highest BCUT2D eigenvalue weighted by molar-refractivity contribution is 7.99. The molecule has 7 heteroatoms. The molecule has 2 aromatic heterocycles. The lowest BCUT2D eigenvalue weighted by Crippen LogP contribution is -2.25. The Kier molecular flexibility index (Phi) is 5.91. The maximum absolute atomic E-state index is 11.9. The van der Waals surface area contributed by atoms with E-state index in [2.05, 4.69) is 34.2 Å². The van der Waals surface area contributed by atoms with E-state index < -0.39 is 0 Å². The fourth-order valence-corrected chi connectivity index (χ4v) is 3.26. The van der Waals surface area contributed by atoms with Gasteiger partial charge in [-0.25, -0.2) is 0 Å². The average Bonchev–Trinajstić information content (AvgIpc) is 3.25. The number of amides is 1. The molecule has 0 aliphatic carbocycles. The molecule has 1 aromatic carbocycles. The first-order valence-electron chi connectivity index (χ1n) is 8.21. The first-order valence-corrected chi connectivity index (χ1v) is 9.19. The number of furan rings is 1. The number of hydrogen-bond acceptors (Lipinski definition) is 5. The van der Waals surface area contributed by atoms with Crippen molar-refractivity contribution in [2.45, 2.75) is 18.6 Å². The highest BCUT2D eigenvalue weighted by Crippen LogP contribution is 2.27. The van der Waals surface area contributed by atoms with Crippen molar-refractivity contribution < 1.29 is 9.21 Å². The molecule has 0 unspecified atom stereocenters. The highest BCUT2D eigenvalue weighted by atomic mass is 32.2. The predicted molar refractivity (Wildman–Crippen MR) is 102 cm³/mol. The Balaban J connectivity index is 1.86. The zero-order valence-electron chi connectivity index (χ0n) is 14.5. The Labute approximate surface area is 156 Å². The van der Waals surface area contributed by atoms with Crippen LogP contribution in [0.5, 0.6) is 0 Å². The zero-order valence-corrected chi connectivity index (χ0v) is 15.3. The minimum absolute atomic E-state index is 0.0646. The van der Waals surface area contributed by atoms with Gasteiger partial charge in [0.05, 0.1) is 24.1 Å². The van der Waals surface area contributed by atoms with E-state index >= 15 is 0 Å². The van der Waals surface area contributed by atoms with Crippen LogP contribution in [-0.2, 0) is 11.3 Å². The molecule has 0 bridgehead atoms. The standard InChI is InChI=1S/C19H20N4O2S/c1-3-10-20-17(24)13-26-19-22-21-18(16-9-11-25-14(16)2)23(19)12-15-7-5-4-6-8-15/h3-9,11H,1,10,12-13H2,2H3,(H,20,24). The molecule has 0 atom stereocenters. The van der Waals surface area contributed by atoms with E-state index in [1.165, 1.54) is 11.8 Å². The summed E-state index contributed by atoms with van der Waals surface area (Å²) in [6.07, 6.45) is 3.29. The normalized spacial score (nSPS) is 10.7. The van der Waals surface area contributed by atoms with Crippen LogP contribution in [0, 0.1) is 6.92 Å². The molecular formula is C19H20N4O2S. The van der Waals surface area contributed by atoms with E-state index in [4.69, 9.17) is 4.42 Å². The molecule has 2 heterocycles. The van der Waals surface area contributed by atoms with E-state index in [1.54, 1.807) is 12.3 Å². The molecule has 1 N–H and O–H groups in total. The second kappa shape index (κ2) is 8.53. The van der Waals surface area contributed by atoms with Crippen LogP contribution >= 0.6 is 11.8 Å². The van der Waals surface area contributed by atoms with Crippen LogP contribution in [0.15, 0.2) is 64.9 Å². The van der Waals surface area contributed by atoms with Crippen molar-refractivity contribution in [3.8, 4) is 11.4 Å². The maximum atomic E-state index is 11.9. The van der Waals surface area contributed by atoms with Crippen molar-refractivity contribution in [1.29, 1.82) is 0 Å². The van der Waals surface area contributed by atoms with Gasteiger partial charge in [-0.05, 0) is 18.6 Å². The van der Waals surface area contributed by atoms with Crippen LogP contribution in [0.3, 0.4) is 0 Å². The van der Waals surface area contributed by atoms with Crippen molar-refractivity contribution in [3.05, 3.63) is 66.6 Å². The number of aryl methyl sites for hydroxylation is 1. The van der Waals surface area contributed by atoms with Gasteiger partial charge in [-0.1, -0.05) is 48.2 Å². The van der Waals surface area contributed by atoms with Gasteiger partial charge >= 0.3 is 0 Å². The zero-order chi connectivity index (χ0) is 18.4. The smallest absolute Gasteiger partial charge is 0.230 e. The topological polar surface area (TPSA) is 73.0 Å². The van der Waals surface area contributed by atoms with Crippen LogP contribution in [0.2, 0.25) is 0 Å². The number of thioether (sulfide) groups is 1. The Morgan fingerprint density at radius 3 is 2.81 bits per heavy atom. The van der Waals surface area contributed by atoms with Gasteiger partial charge in [0, 0.05) is 6.54 Å². The molecule has 6 nitrogen and oxygen atoms in total. The summed E-state index contributed by atoms with van der Waals surface area (Å²) in [5.74, 6) is 1.72. The molecule has 0 fully saturated rings. The molecule has 0 aliphatic heterocycles. The first-order chi connectivity index (χ1) is 12.7. The number of carbonyl (C=O) groups excluding carboxylic acids is 1. The van der Waals surface area contributed by atoms with E-state index in [9.17, 15) is 4.79 Å². The fraction of sp³-hybridized carbons (Fsp3) is 0.211. The van der Waals surface area contributed by atoms with Crippen molar-refractivity contribution in [2.24, 2.45) is 0 Å². The molecule has 134 valence electrons. The molecule has 0 aliphatic rings. The van der Waals surface area contributed by atoms with Crippen LogP contribution in [0.4, 0.5) is 0 Å². The second-order valence-electron chi connectivity index (χ2n) is 5.65. The Hall–Kier alpha value is -2.80. The molecule has 3 rings (SSSR count). The number of rotatable bonds is 8. The summed E-state index contributed by atoms with van der Waals surface area (Å²) in [4.78, 5) is 11.9. The number of benzene rings is 1. The molecule has 0 saturated heterocycles. The van der Waals surface area contributed by atoms with Crippen LogP contribution in [0.1, 0.15) is 11.3 Å². The summed E-state index contributed by atoms with van der Waals surface area (Å²) in [6.45, 7) is 6.56. The maximum Gasteiger partial charge on any atom is 0.230 e. The lowest BCUT2D eigenvalue weighted by Gasteiger charge is -2.10. The summed E-state index contributed by atoms with van der Waals surface area (Å²) >= 11 is 1.36. The monoisotopic (exact) mass is 368 g/mol. The van der Waals surface area contributed by atoms with Gasteiger partial charge in [-0.15, -0.1) is 16.8 Å². The third-order valence-electron chi connectivity index (χ3n) is 3.78. The Bertz CT molecular complexity index is 886. The van der Waals surface area contributed by atoms with Gasteiger partial charge in [0.2, 0.25) is 5.91 Å². The molecule has 1 amide bonds. The summed E-state index contributed by atoms with van der Waals surface area (Å²) < 4.78 is 7.43. The number of carbonyl (C=O) groups is 1. The van der Waals surface area contributed by atoms with Crippen molar-refractivity contribution in [3.63, 3.8) is 0 Å². The summed E-state index contributed by atoms with van der Waals surface area (Å²) in [6, 6.07) is 12.0. The van der Waals surface area contributed by atoms with E-state index in [-0.39, 0.29) is 11.7 Å². The largest absolute Gasteiger partial charge is 0.469 e. The minimum Gasteiger partial charge on any atom is -0.469 e. The number of aromatic nitrogens is 3. The summed E-state index contributed by atoms with van der Waals surface area (Å²) in [5, 5.41) is 12.1. The van der Waals surface area contributed by atoms with Crippen LogP contribution in [-0.4, -0.2) is 33.0 Å². The third-order valence-corrected chi connectivity index (χ3v) is 4.74. The van der Waals surface area contributed by atoms with Crippen LogP contribution < -0.4 is 5.32 Å². The SMILES string of the molecule is C=CCNC(=O)CSc1nnc(-c2ccoc2C)n1Cc1ccccc1. The van der Waals surface area contributed by atoms with Gasteiger partial charge in [-0.2, -0.15) is 0 Å². The van der Waals surface area contributed by atoms with Gasteiger partial charge in [-0.3, -0.25) is 9.36 Å². The molecule has 0 radical (unpaired) electrons. The van der Waals surface area contributed by atoms with Crippen molar-refractivity contribution in [2.75, 3.05) is 12.3 Å².